The second-order valence-corrected chi connectivity index (χ2v) is 7.69. The molecule has 0 saturated carbocycles. The average Bonchev–Trinajstić information content (AvgIpc) is 3.17. The lowest BCUT2D eigenvalue weighted by molar-refractivity contribution is -0.111. The molecular weight excluding hydrogens is 399 g/mol. The number of aromatic nitrogens is 2. The maximum absolute atomic E-state index is 13.7. The Balaban J connectivity index is 1.68. The number of rotatable bonds is 5. The Morgan fingerprint density at radius 3 is 2.52 bits per heavy atom. The van der Waals surface area contributed by atoms with Crippen LogP contribution in [0.4, 0.5) is 20.6 Å². The molecule has 2 N–H and O–H groups in total. The van der Waals surface area contributed by atoms with Gasteiger partial charge in [-0.2, -0.15) is 5.10 Å². The number of nitrogens with zero attached hydrogens (tertiary/aromatic N) is 2. The SMILES string of the molecule is CC(C)(C)OC(=O)Nc1ccc(F)cc1NC(=O)/C=C/c1cnn(-c2ccccc2)c1. The van der Waals surface area contributed by atoms with Gasteiger partial charge in [0.1, 0.15) is 11.4 Å². The second kappa shape index (κ2) is 9.25. The van der Waals surface area contributed by atoms with Crippen LogP contribution in [0.1, 0.15) is 26.3 Å². The Kier molecular flexibility index (Phi) is 6.49. The van der Waals surface area contributed by atoms with Gasteiger partial charge in [-0.25, -0.2) is 13.9 Å². The highest BCUT2D eigenvalue weighted by Gasteiger charge is 2.18. The molecule has 1 heterocycles. The van der Waals surface area contributed by atoms with Gasteiger partial charge in [-0.05, 0) is 57.2 Å². The Morgan fingerprint density at radius 2 is 1.81 bits per heavy atom. The fourth-order valence-corrected chi connectivity index (χ4v) is 2.63. The van der Waals surface area contributed by atoms with Crippen LogP contribution in [0.2, 0.25) is 0 Å². The third kappa shape index (κ3) is 6.53. The van der Waals surface area contributed by atoms with Crippen LogP contribution in [0.25, 0.3) is 11.8 Å². The Morgan fingerprint density at radius 1 is 1.06 bits per heavy atom. The summed E-state index contributed by atoms with van der Waals surface area (Å²) < 4.78 is 20.6. The number of amides is 2. The number of para-hydroxylation sites is 1. The lowest BCUT2D eigenvalue weighted by Gasteiger charge is -2.20. The van der Waals surface area contributed by atoms with Crippen LogP contribution >= 0.6 is 0 Å². The smallest absolute Gasteiger partial charge is 0.412 e. The molecule has 160 valence electrons. The van der Waals surface area contributed by atoms with Crippen LogP contribution in [0.15, 0.2) is 67.0 Å². The number of carbonyl (C=O) groups is 2. The fraction of sp³-hybridized carbons (Fsp3) is 0.174. The summed E-state index contributed by atoms with van der Waals surface area (Å²) in [7, 11) is 0. The van der Waals surface area contributed by atoms with Crippen molar-refractivity contribution in [2.75, 3.05) is 10.6 Å². The Bertz CT molecular complexity index is 1100. The van der Waals surface area contributed by atoms with E-state index in [2.05, 4.69) is 15.7 Å². The Hall–Kier alpha value is -3.94. The van der Waals surface area contributed by atoms with Gasteiger partial charge >= 0.3 is 6.09 Å². The molecule has 0 bridgehead atoms. The van der Waals surface area contributed by atoms with E-state index in [9.17, 15) is 14.0 Å². The quantitative estimate of drug-likeness (QED) is 0.566. The van der Waals surface area contributed by atoms with Crippen molar-refractivity contribution < 1.29 is 18.7 Å². The molecule has 1 aromatic heterocycles. The number of halogens is 1. The normalized spacial score (nSPS) is 11.4. The molecule has 0 radical (unpaired) electrons. The van der Waals surface area contributed by atoms with Crippen LogP contribution < -0.4 is 10.6 Å². The summed E-state index contributed by atoms with van der Waals surface area (Å²) in [6.07, 6.45) is 5.57. The zero-order chi connectivity index (χ0) is 22.4. The molecule has 8 heteroatoms. The zero-order valence-corrected chi connectivity index (χ0v) is 17.4. The molecule has 0 aliphatic carbocycles. The number of carbonyl (C=O) groups excluding carboxylic acids is 2. The van der Waals surface area contributed by atoms with Gasteiger partial charge in [-0.15, -0.1) is 0 Å². The van der Waals surface area contributed by atoms with Crippen LogP contribution in [-0.2, 0) is 9.53 Å². The van der Waals surface area contributed by atoms with E-state index in [1.54, 1.807) is 43.9 Å². The van der Waals surface area contributed by atoms with Crippen molar-refractivity contribution in [1.82, 2.24) is 9.78 Å². The summed E-state index contributed by atoms with van der Waals surface area (Å²) >= 11 is 0. The van der Waals surface area contributed by atoms with Gasteiger partial charge in [0, 0.05) is 17.8 Å². The largest absolute Gasteiger partial charge is 0.444 e. The fourth-order valence-electron chi connectivity index (χ4n) is 2.63. The van der Waals surface area contributed by atoms with Crippen LogP contribution in [0.5, 0.6) is 0 Å². The van der Waals surface area contributed by atoms with Gasteiger partial charge in [-0.3, -0.25) is 10.1 Å². The number of ether oxygens (including phenoxy) is 1. The first-order valence-electron chi connectivity index (χ1n) is 9.58. The molecule has 0 aliphatic heterocycles. The average molecular weight is 422 g/mol. The van der Waals surface area contributed by atoms with Crippen molar-refractivity contribution in [2.45, 2.75) is 26.4 Å². The molecule has 3 rings (SSSR count). The van der Waals surface area contributed by atoms with Gasteiger partial charge in [-0.1, -0.05) is 18.2 Å². The molecule has 0 atom stereocenters. The molecule has 7 nitrogen and oxygen atoms in total. The highest BCUT2D eigenvalue weighted by molar-refractivity contribution is 6.05. The number of anilines is 2. The van der Waals surface area contributed by atoms with Gasteiger partial charge in [0.05, 0.1) is 23.3 Å². The topological polar surface area (TPSA) is 85.2 Å². The summed E-state index contributed by atoms with van der Waals surface area (Å²) in [5.74, 6) is -1.05. The van der Waals surface area contributed by atoms with Gasteiger partial charge in [0.25, 0.3) is 0 Å². The molecule has 31 heavy (non-hydrogen) atoms. The molecule has 0 spiro atoms. The van der Waals surface area contributed by atoms with E-state index in [1.807, 2.05) is 30.3 Å². The predicted octanol–water partition coefficient (Wildman–Crippen LogP) is 5.01. The number of hydrogen-bond acceptors (Lipinski definition) is 4. The van der Waals surface area contributed by atoms with Crippen molar-refractivity contribution in [3.63, 3.8) is 0 Å². The van der Waals surface area contributed by atoms with Crippen molar-refractivity contribution in [1.29, 1.82) is 0 Å². The highest BCUT2D eigenvalue weighted by Crippen LogP contribution is 2.24. The monoisotopic (exact) mass is 422 g/mol. The van der Waals surface area contributed by atoms with Crippen LogP contribution in [-0.4, -0.2) is 27.4 Å². The van der Waals surface area contributed by atoms with E-state index in [4.69, 9.17) is 4.74 Å². The van der Waals surface area contributed by atoms with Crippen molar-refractivity contribution in [3.05, 3.63) is 78.4 Å². The first kappa shape index (κ1) is 21.8. The lowest BCUT2D eigenvalue weighted by atomic mass is 10.2. The van der Waals surface area contributed by atoms with Gasteiger partial charge < -0.3 is 10.1 Å². The summed E-state index contributed by atoms with van der Waals surface area (Å²) in [6.45, 7) is 5.18. The standard InChI is InChI=1S/C23H23FN4O3/c1-23(2,3)31-22(30)27-19-11-10-17(24)13-20(19)26-21(29)12-9-16-14-25-28(15-16)18-7-5-4-6-8-18/h4-15H,1-3H3,(H,26,29)(H,27,30)/b12-9+. The predicted molar refractivity (Wildman–Crippen MR) is 117 cm³/mol. The first-order chi connectivity index (χ1) is 14.7. The van der Waals surface area contributed by atoms with Crippen molar-refractivity contribution in [3.8, 4) is 5.69 Å². The molecule has 0 saturated heterocycles. The van der Waals surface area contributed by atoms with Crippen LogP contribution in [0, 0.1) is 5.82 Å². The van der Waals surface area contributed by atoms with Gasteiger partial charge in [0.2, 0.25) is 5.91 Å². The van der Waals surface area contributed by atoms with E-state index >= 15 is 0 Å². The second-order valence-electron chi connectivity index (χ2n) is 7.69. The summed E-state index contributed by atoms with van der Waals surface area (Å²) in [5.41, 5.74) is 1.24. The molecule has 2 amide bonds. The summed E-state index contributed by atoms with van der Waals surface area (Å²) in [4.78, 5) is 24.4. The van der Waals surface area contributed by atoms with Crippen molar-refractivity contribution >= 4 is 29.5 Å². The number of benzene rings is 2. The van der Waals surface area contributed by atoms with E-state index in [0.29, 0.717) is 5.56 Å². The number of hydrogen-bond donors (Lipinski definition) is 2. The minimum Gasteiger partial charge on any atom is -0.444 e. The first-order valence-corrected chi connectivity index (χ1v) is 9.58. The summed E-state index contributed by atoms with van der Waals surface area (Å²) in [6, 6.07) is 13.2. The van der Waals surface area contributed by atoms with Crippen molar-refractivity contribution in [2.24, 2.45) is 0 Å². The minimum absolute atomic E-state index is 0.112. The zero-order valence-electron chi connectivity index (χ0n) is 17.4. The third-order valence-electron chi connectivity index (χ3n) is 3.93. The lowest BCUT2D eigenvalue weighted by Crippen LogP contribution is -2.27. The molecular formula is C23H23FN4O3. The van der Waals surface area contributed by atoms with E-state index in [1.165, 1.54) is 18.2 Å². The minimum atomic E-state index is -0.710. The Labute approximate surface area is 179 Å². The molecule has 0 aliphatic rings. The third-order valence-corrected chi connectivity index (χ3v) is 3.93. The maximum Gasteiger partial charge on any atom is 0.412 e. The van der Waals surface area contributed by atoms with Gasteiger partial charge in [0.15, 0.2) is 0 Å². The highest BCUT2D eigenvalue weighted by atomic mass is 19.1. The summed E-state index contributed by atoms with van der Waals surface area (Å²) in [5, 5.41) is 9.34. The molecule has 0 unspecified atom stereocenters. The maximum atomic E-state index is 13.7. The molecule has 0 fully saturated rings. The van der Waals surface area contributed by atoms with E-state index < -0.39 is 23.4 Å². The van der Waals surface area contributed by atoms with Crippen LogP contribution in [0.3, 0.4) is 0 Å². The molecule has 2 aromatic carbocycles. The molecule has 3 aromatic rings. The number of nitrogens with one attached hydrogen (secondary N) is 2. The van der Waals surface area contributed by atoms with E-state index in [-0.39, 0.29) is 11.4 Å². The van der Waals surface area contributed by atoms with E-state index in [0.717, 1.165) is 11.8 Å².